The molecule has 1 aliphatic heterocycles. The van der Waals surface area contributed by atoms with E-state index in [1.165, 1.54) is 12.5 Å². The van der Waals surface area contributed by atoms with Crippen molar-refractivity contribution in [2.75, 3.05) is 6.61 Å². The van der Waals surface area contributed by atoms with Crippen LogP contribution >= 0.6 is 0 Å². The van der Waals surface area contributed by atoms with E-state index in [4.69, 9.17) is 9.84 Å². The highest BCUT2D eigenvalue weighted by Gasteiger charge is 2.43. The standard InChI is InChI=1S/C12H13N3O5/c16-4-7-8(17)9(18)12(20-7)15-5-14-10-6(11(15)19)2-1-3-13-10/h1-3,5,7-9,12,16-18H,4H2/t7-,8-,9+,12-/m1/s1. The molecule has 0 aromatic carbocycles. The first-order valence-corrected chi connectivity index (χ1v) is 6.08. The van der Waals surface area contributed by atoms with Crippen molar-refractivity contribution in [3.8, 4) is 0 Å². The van der Waals surface area contributed by atoms with Crippen molar-refractivity contribution < 1.29 is 20.1 Å². The quantitative estimate of drug-likeness (QED) is 0.606. The van der Waals surface area contributed by atoms with Crippen molar-refractivity contribution in [1.82, 2.24) is 14.5 Å². The molecule has 3 rings (SSSR count). The summed E-state index contributed by atoms with van der Waals surface area (Å²) in [6, 6.07) is 3.17. The summed E-state index contributed by atoms with van der Waals surface area (Å²) in [6.07, 6.45) is -1.88. The minimum Gasteiger partial charge on any atom is -0.394 e. The fraction of sp³-hybridized carbons (Fsp3) is 0.417. The second kappa shape index (κ2) is 4.91. The molecule has 2 aromatic rings. The number of rotatable bonds is 2. The zero-order valence-corrected chi connectivity index (χ0v) is 10.3. The molecule has 3 heterocycles. The largest absolute Gasteiger partial charge is 0.394 e. The topological polar surface area (TPSA) is 118 Å². The SMILES string of the molecule is O=c1c2cccnc2ncn1[C@@H]1O[C@H](CO)[C@@H](O)[C@@H]1O. The van der Waals surface area contributed by atoms with Gasteiger partial charge in [-0.05, 0) is 12.1 Å². The van der Waals surface area contributed by atoms with Crippen LogP contribution in [-0.2, 0) is 4.74 Å². The zero-order chi connectivity index (χ0) is 14.3. The van der Waals surface area contributed by atoms with Gasteiger partial charge in [0.15, 0.2) is 11.9 Å². The molecule has 3 N–H and O–H groups in total. The number of pyridine rings is 1. The van der Waals surface area contributed by atoms with Gasteiger partial charge in [0.25, 0.3) is 5.56 Å². The Bertz CT molecular complexity index is 688. The van der Waals surface area contributed by atoms with Crippen LogP contribution in [0.5, 0.6) is 0 Å². The molecule has 0 radical (unpaired) electrons. The van der Waals surface area contributed by atoms with Crippen molar-refractivity contribution in [2.24, 2.45) is 0 Å². The van der Waals surface area contributed by atoms with E-state index in [1.54, 1.807) is 12.1 Å². The molecule has 0 unspecified atom stereocenters. The third-order valence-corrected chi connectivity index (χ3v) is 3.35. The van der Waals surface area contributed by atoms with E-state index in [1.807, 2.05) is 0 Å². The fourth-order valence-corrected chi connectivity index (χ4v) is 2.27. The van der Waals surface area contributed by atoms with Gasteiger partial charge in [0, 0.05) is 6.20 Å². The Morgan fingerprint density at radius 2 is 2.10 bits per heavy atom. The van der Waals surface area contributed by atoms with Gasteiger partial charge >= 0.3 is 0 Å². The maximum Gasteiger partial charge on any atom is 0.265 e. The van der Waals surface area contributed by atoms with Crippen molar-refractivity contribution in [2.45, 2.75) is 24.5 Å². The summed E-state index contributed by atoms with van der Waals surface area (Å²) in [6.45, 7) is -0.452. The Kier molecular flexibility index (Phi) is 3.22. The van der Waals surface area contributed by atoms with Crippen molar-refractivity contribution in [3.63, 3.8) is 0 Å². The number of aliphatic hydroxyl groups is 3. The van der Waals surface area contributed by atoms with Gasteiger partial charge < -0.3 is 20.1 Å². The zero-order valence-electron chi connectivity index (χ0n) is 10.3. The maximum absolute atomic E-state index is 12.3. The summed E-state index contributed by atoms with van der Waals surface area (Å²) in [4.78, 5) is 20.3. The van der Waals surface area contributed by atoms with Crippen LogP contribution < -0.4 is 5.56 Å². The number of hydrogen-bond acceptors (Lipinski definition) is 7. The lowest BCUT2D eigenvalue weighted by Gasteiger charge is -2.17. The molecule has 106 valence electrons. The molecule has 0 spiro atoms. The molecule has 2 aromatic heterocycles. The number of ether oxygens (including phenoxy) is 1. The summed E-state index contributed by atoms with van der Waals surface area (Å²) < 4.78 is 6.39. The van der Waals surface area contributed by atoms with Gasteiger partial charge in [0.1, 0.15) is 24.6 Å². The first kappa shape index (κ1) is 13.1. The molecule has 0 aliphatic carbocycles. The number of aliphatic hydroxyl groups excluding tert-OH is 3. The van der Waals surface area contributed by atoms with E-state index in [0.29, 0.717) is 5.65 Å². The number of fused-ring (bicyclic) bond motifs is 1. The van der Waals surface area contributed by atoms with Gasteiger partial charge in [-0.15, -0.1) is 0 Å². The molecular weight excluding hydrogens is 266 g/mol. The van der Waals surface area contributed by atoms with Crippen LogP contribution in [0.1, 0.15) is 6.23 Å². The molecule has 8 nitrogen and oxygen atoms in total. The normalized spacial score (nSPS) is 29.9. The molecule has 0 saturated carbocycles. The van der Waals surface area contributed by atoms with Gasteiger partial charge in [-0.1, -0.05) is 0 Å². The summed E-state index contributed by atoms with van der Waals surface area (Å²) >= 11 is 0. The monoisotopic (exact) mass is 279 g/mol. The molecule has 8 heteroatoms. The smallest absolute Gasteiger partial charge is 0.265 e. The number of hydrogen-bond donors (Lipinski definition) is 3. The Morgan fingerprint density at radius 1 is 1.30 bits per heavy atom. The molecule has 0 amide bonds. The highest BCUT2D eigenvalue weighted by Crippen LogP contribution is 2.28. The average molecular weight is 279 g/mol. The van der Waals surface area contributed by atoms with Gasteiger partial charge in [0.2, 0.25) is 0 Å². The fourth-order valence-electron chi connectivity index (χ4n) is 2.27. The summed E-state index contributed by atoms with van der Waals surface area (Å²) in [5.41, 5.74) is -0.140. The van der Waals surface area contributed by atoms with Gasteiger partial charge in [-0.3, -0.25) is 9.36 Å². The van der Waals surface area contributed by atoms with Crippen LogP contribution in [0.3, 0.4) is 0 Å². The number of nitrogens with zero attached hydrogens (tertiary/aromatic N) is 3. The van der Waals surface area contributed by atoms with Crippen LogP contribution in [0, 0.1) is 0 Å². The molecule has 20 heavy (non-hydrogen) atoms. The molecular formula is C12H13N3O5. The molecule has 1 aliphatic rings. The lowest BCUT2D eigenvalue weighted by molar-refractivity contribution is -0.0546. The minimum absolute atomic E-state index is 0.285. The van der Waals surface area contributed by atoms with Crippen molar-refractivity contribution >= 4 is 11.0 Å². The number of aromatic nitrogens is 3. The Hall–Kier alpha value is -1.87. The maximum atomic E-state index is 12.3. The predicted molar refractivity (Wildman–Crippen MR) is 66.8 cm³/mol. The lowest BCUT2D eigenvalue weighted by Crippen LogP contribution is -2.35. The van der Waals surface area contributed by atoms with Gasteiger partial charge in [-0.2, -0.15) is 0 Å². The predicted octanol–water partition coefficient (Wildman–Crippen LogP) is -1.60. The van der Waals surface area contributed by atoms with E-state index < -0.39 is 36.7 Å². The van der Waals surface area contributed by atoms with Crippen molar-refractivity contribution in [3.05, 3.63) is 35.0 Å². The summed E-state index contributed by atoms with van der Waals surface area (Å²) in [7, 11) is 0. The Labute approximate surface area is 112 Å². The van der Waals surface area contributed by atoms with Crippen LogP contribution in [0.25, 0.3) is 11.0 Å². The van der Waals surface area contributed by atoms with Crippen LogP contribution in [0.4, 0.5) is 0 Å². The Morgan fingerprint density at radius 3 is 2.80 bits per heavy atom. The van der Waals surface area contributed by atoms with Crippen molar-refractivity contribution in [1.29, 1.82) is 0 Å². The molecule has 4 atom stereocenters. The molecule has 0 bridgehead atoms. The van der Waals surface area contributed by atoms with E-state index in [2.05, 4.69) is 9.97 Å². The van der Waals surface area contributed by atoms with E-state index in [-0.39, 0.29) is 5.39 Å². The first-order valence-electron chi connectivity index (χ1n) is 6.08. The first-order chi connectivity index (χ1) is 9.63. The highest BCUT2D eigenvalue weighted by molar-refractivity contribution is 5.72. The van der Waals surface area contributed by atoms with E-state index in [9.17, 15) is 15.0 Å². The summed E-state index contributed by atoms with van der Waals surface area (Å²) in [5.74, 6) is 0. The van der Waals surface area contributed by atoms with Gasteiger partial charge in [0.05, 0.1) is 12.0 Å². The highest BCUT2D eigenvalue weighted by atomic mass is 16.6. The molecule has 1 saturated heterocycles. The van der Waals surface area contributed by atoms with Crippen LogP contribution in [-0.4, -0.2) is 54.8 Å². The summed E-state index contributed by atoms with van der Waals surface area (Å²) in [5, 5.41) is 29.0. The van der Waals surface area contributed by atoms with Crippen LogP contribution in [0.2, 0.25) is 0 Å². The third-order valence-electron chi connectivity index (χ3n) is 3.35. The van der Waals surface area contributed by atoms with E-state index in [0.717, 1.165) is 4.57 Å². The van der Waals surface area contributed by atoms with Crippen LogP contribution in [0.15, 0.2) is 29.5 Å². The second-order valence-corrected chi connectivity index (χ2v) is 4.56. The second-order valence-electron chi connectivity index (χ2n) is 4.56. The van der Waals surface area contributed by atoms with Gasteiger partial charge in [-0.25, -0.2) is 9.97 Å². The third kappa shape index (κ3) is 1.90. The van der Waals surface area contributed by atoms with E-state index >= 15 is 0 Å². The Balaban J connectivity index is 2.07. The minimum atomic E-state index is -1.32. The average Bonchev–Trinajstić information content (AvgIpc) is 2.76. The molecule has 1 fully saturated rings. The lowest BCUT2D eigenvalue weighted by atomic mass is 10.1.